The number of aromatic nitrogens is 1. The van der Waals surface area contributed by atoms with Crippen molar-refractivity contribution in [3.8, 4) is 5.75 Å². The summed E-state index contributed by atoms with van der Waals surface area (Å²) in [4.78, 5) is 27.8. The molecule has 2 heterocycles. The Bertz CT molecular complexity index is 876. The molecule has 1 saturated heterocycles. The van der Waals surface area contributed by atoms with E-state index in [0.717, 1.165) is 10.9 Å². The van der Waals surface area contributed by atoms with Crippen molar-refractivity contribution in [1.82, 2.24) is 14.4 Å². The lowest BCUT2D eigenvalue weighted by Gasteiger charge is -2.35. The van der Waals surface area contributed by atoms with E-state index in [-0.39, 0.29) is 11.8 Å². The van der Waals surface area contributed by atoms with E-state index in [4.69, 9.17) is 9.47 Å². The number of benzene rings is 1. The number of carboxylic acid groups (broad SMARTS) is 1. The molecule has 8 nitrogen and oxygen atoms in total. The number of fused-ring (bicyclic) bond motifs is 1. The zero-order valence-corrected chi connectivity index (χ0v) is 16.8. The highest BCUT2D eigenvalue weighted by Crippen LogP contribution is 2.25. The molecule has 0 unspecified atom stereocenters. The molecule has 8 heteroatoms. The largest absolute Gasteiger partial charge is 0.497 e. The summed E-state index contributed by atoms with van der Waals surface area (Å²) in [5, 5.41) is 10.4. The molecule has 1 aromatic carbocycles. The molecule has 0 atom stereocenters. The first-order chi connectivity index (χ1) is 13.2. The molecule has 3 rings (SSSR count). The molecule has 1 amide bonds. The van der Waals surface area contributed by atoms with Crippen LogP contribution in [0.15, 0.2) is 24.3 Å². The summed E-state index contributed by atoms with van der Waals surface area (Å²) in [6, 6.07) is 7.19. The Morgan fingerprint density at radius 1 is 1.11 bits per heavy atom. The molecule has 1 fully saturated rings. The smallest absolute Gasteiger partial charge is 0.410 e. The molecule has 2 aromatic rings. The minimum Gasteiger partial charge on any atom is -0.497 e. The molecule has 0 bridgehead atoms. The van der Waals surface area contributed by atoms with E-state index in [1.165, 1.54) is 0 Å². The highest BCUT2D eigenvalue weighted by Gasteiger charge is 2.26. The second kappa shape index (κ2) is 7.71. The van der Waals surface area contributed by atoms with Crippen LogP contribution in [0.25, 0.3) is 10.9 Å². The number of hydrogen-bond donors (Lipinski definition) is 1. The Balaban J connectivity index is 1.72. The molecular formula is C20H27N3O5. The van der Waals surface area contributed by atoms with Crippen LogP contribution in [0.3, 0.4) is 0 Å². The second-order valence-electron chi connectivity index (χ2n) is 7.91. The molecule has 152 valence electrons. The van der Waals surface area contributed by atoms with E-state index in [1.807, 2.05) is 39.0 Å². The molecule has 1 aromatic heterocycles. The Labute approximate surface area is 164 Å². The molecule has 0 spiro atoms. The van der Waals surface area contributed by atoms with Gasteiger partial charge < -0.3 is 24.0 Å². The van der Waals surface area contributed by atoms with Crippen LogP contribution < -0.4 is 4.74 Å². The van der Waals surface area contributed by atoms with Crippen LogP contribution in [0.5, 0.6) is 5.75 Å². The van der Waals surface area contributed by atoms with Gasteiger partial charge in [0, 0.05) is 31.6 Å². The van der Waals surface area contributed by atoms with Crippen LogP contribution in [-0.4, -0.2) is 70.4 Å². The van der Waals surface area contributed by atoms with Crippen molar-refractivity contribution >= 4 is 23.0 Å². The number of amides is 1. The van der Waals surface area contributed by atoms with Gasteiger partial charge in [0.2, 0.25) is 0 Å². The van der Waals surface area contributed by atoms with Crippen molar-refractivity contribution < 1.29 is 24.2 Å². The van der Waals surface area contributed by atoms with Crippen LogP contribution >= 0.6 is 0 Å². The van der Waals surface area contributed by atoms with Crippen LogP contribution in [0.2, 0.25) is 0 Å². The number of hydrogen-bond acceptors (Lipinski definition) is 5. The number of nitrogens with zero attached hydrogens (tertiary/aromatic N) is 3. The Kier molecular flexibility index (Phi) is 5.51. The van der Waals surface area contributed by atoms with Crippen LogP contribution in [0.1, 0.15) is 31.3 Å². The SMILES string of the molecule is COc1ccc2c(c1)cc(C(=O)O)n2CN1CCN(C(=O)OC(C)(C)C)CC1. The van der Waals surface area contributed by atoms with Crippen molar-refractivity contribution in [2.24, 2.45) is 0 Å². The average Bonchev–Trinajstić information content (AvgIpc) is 2.98. The second-order valence-corrected chi connectivity index (χ2v) is 7.91. The van der Waals surface area contributed by atoms with E-state index in [2.05, 4.69) is 4.90 Å². The fourth-order valence-corrected chi connectivity index (χ4v) is 3.30. The molecule has 0 radical (unpaired) electrons. The number of piperazine rings is 1. The first-order valence-corrected chi connectivity index (χ1v) is 9.29. The third kappa shape index (κ3) is 4.39. The predicted molar refractivity (Wildman–Crippen MR) is 105 cm³/mol. The van der Waals surface area contributed by atoms with Gasteiger partial charge in [0.25, 0.3) is 0 Å². The van der Waals surface area contributed by atoms with Crippen LogP contribution in [0.4, 0.5) is 4.79 Å². The maximum absolute atomic E-state index is 12.2. The summed E-state index contributed by atoms with van der Waals surface area (Å²) in [5.41, 5.74) is 0.556. The predicted octanol–water partition coefficient (Wildman–Crippen LogP) is 2.86. The van der Waals surface area contributed by atoms with Crippen LogP contribution in [0, 0.1) is 0 Å². The molecule has 1 N–H and O–H groups in total. The van der Waals surface area contributed by atoms with Gasteiger partial charge in [-0.25, -0.2) is 9.59 Å². The van der Waals surface area contributed by atoms with Gasteiger partial charge in [-0.3, -0.25) is 4.90 Å². The number of ether oxygens (including phenoxy) is 2. The number of aromatic carboxylic acids is 1. The van der Waals surface area contributed by atoms with Crippen molar-refractivity contribution in [2.45, 2.75) is 33.0 Å². The van der Waals surface area contributed by atoms with Gasteiger partial charge in [-0.1, -0.05) is 0 Å². The van der Waals surface area contributed by atoms with Crippen molar-refractivity contribution in [1.29, 1.82) is 0 Å². The third-order valence-corrected chi connectivity index (χ3v) is 4.69. The lowest BCUT2D eigenvalue weighted by Crippen LogP contribution is -2.50. The van der Waals surface area contributed by atoms with Crippen molar-refractivity contribution in [3.63, 3.8) is 0 Å². The van der Waals surface area contributed by atoms with Gasteiger partial charge in [-0.15, -0.1) is 0 Å². The summed E-state index contributed by atoms with van der Waals surface area (Å²) in [6.07, 6.45) is -0.308. The van der Waals surface area contributed by atoms with E-state index in [9.17, 15) is 14.7 Å². The van der Waals surface area contributed by atoms with E-state index >= 15 is 0 Å². The zero-order valence-electron chi connectivity index (χ0n) is 16.8. The summed E-state index contributed by atoms with van der Waals surface area (Å²) >= 11 is 0. The number of carboxylic acids is 1. The fourth-order valence-electron chi connectivity index (χ4n) is 3.30. The third-order valence-electron chi connectivity index (χ3n) is 4.69. The topological polar surface area (TPSA) is 84.2 Å². The van der Waals surface area contributed by atoms with Crippen molar-refractivity contribution in [2.75, 3.05) is 33.3 Å². The minimum absolute atomic E-state index is 0.234. The van der Waals surface area contributed by atoms with Gasteiger partial charge >= 0.3 is 12.1 Å². The van der Waals surface area contributed by atoms with E-state index < -0.39 is 11.6 Å². The number of carbonyl (C=O) groups is 2. The number of carbonyl (C=O) groups excluding carboxylic acids is 1. The Morgan fingerprint density at radius 2 is 1.79 bits per heavy atom. The Hall–Kier alpha value is -2.74. The quantitative estimate of drug-likeness (QED) is 0.866. The fraction of sp³-hybridized carbons (Fsp3) is 0.500. The summed E-state index contributed by atoms with van der Waals surface area (Å²) in [7, 11) is 1.58. The normalized spacial score (nSPS) is 15.6. The lowest BCUT2D eigenvalue weighted by molar-refractivity contribution is 0.0119. The van der Waals surface area contributed by atoms with Gasteiger partial charge in [-0.2, -0.15) is 0 Å². The van der Waals surface area contributed by atoms with Gasteiger partial charge in [-0.05, 0) is 45.0 Å². The zero-order chi connectivity index (χ0) is 20.5. The lowest BCUT2D eigenvalue weighted by atomic mass is 10.2. The molecule has 0 saturated carbocycles. The maximum Gasteiger partial charge on any atom is 0.410 e. The standard InChI is InChI=1S/C20H27N3O5/c1-20(2,3)28-19(26)22-9-7-21(8-10-22)13-23-16-6-5-15(27-4)11-14(16)12-17(23)18(24)25/h5-6,11-12H,7-10,13H2,1-4H3,(H,24,25). The minimum atomic E-state index is -0.970. The first kappa shape index (κ1) is 20.0. The molecule has 28 heavy (non-hydrogen) atoms. The van der Waals surface area contributed by atoms with Crippen molar-refractivity contribution in [3.05, 3.63) is 30.0 Å². The molecule has 0 aliphatic carbocycles. The maximum atomic E-state index is 12.2. The first-order valence-electron chi connectivity index (χ1n) is 9.29. The monoisotopic (exact) mass is 389 g/mol. The molecule has 1 aliphatic rings. The number of methoxy groups -OCH3 is 1. The molecular weight excluding hydrogens is 362 g/mol. The highest BCUT2D eigenvalue weighted by molar-refractivity contribution is 5.95. The van der Waals surface area contributed by atoms with Gasteiger partial charge in [0.1, 0.15) is 17.0 Å². The van der Waals surface area contributed by atoms with E-state index in [0.29, 0.717) is 38.6 Å². The summed E-state index contributed by atoms with van der Waals surface area (Å²) in [5.74, 6) is -0.282. The average molecular weight is 389 g/mol. The van der Waals surface area contributed by atoms with Gasteiger partial charge in [0.05, 0.1) is 19.3 Å². The summed E-state index contributed by atoms with van der Waals surface area (Å²) in [6.45, 7) is 8.37. The van der Waals surface area contributed by atoms with Gasteiger partial charge in [0.15, 0.2) is 0 Å². The Morgan fingerprint density at radius 3 is 2.36 bits per heavy atom. The van der Waals surface area contributed by atoms with E-state index in [1.54, 1.807) is 22.6 Å². The molecule has 1 aliphatic heterocycles. The summed E-state index contributed by atoms with van der Waals surface area (Å²) < 4.78 is 12.4. The number of rotatable bonds is 4. The van der Waals surface area contributed by atoms with Crippen LogP contribution in [-0.2, 0) is 11.4 Å². The highest BCUT2D eigenvalue weighted by atomic mass is 16.6.